The summed E-state index contributed by atoms with van der Waals surface area (Å²) in [5.41, 5.74) is 0.164. The van der Waals surface area contributed by atoms with Gasteiger partial charge in [-0.3, -0.25) is 9.59 Å². The molecule has 0 spiro atoms. The van der Waals surface area contributed by atoms with E-state index in [1.54, 1.807) is 31.2 Å². The molecular formula is C24H32N4O7. The van der Waals surface area contributed by atoms with Crippen molar-refractivity contribution in [2.45, 2.75) is 46.2 Å². The highest BCUT2D eigenvalue weighted by Gasteiger charge is 2.30. The number of nitrogens with zero attached hydrogens (tertiary/aromatic N) is 2. The van der Waals surface area contributed by atoms with Gasteiger partial charge in [0.2, 0.25) is 17.7 Å². The van der Waals surface area contributed by atoms with Crippen LogP contribution in [0.15, 0.2) is 30.3 Å². The lowest BCUT2D eigenvalue weighted by atomic mass is 9.97. The lowest BCUT2D eigenvalue weighted by molar-refractivity contribution is -0.147. The van der Waals surface area contributed by atoms with E-state index in [0.717, 1.165) is 0 Å². The van der Waals surface area contributed by atoms with E-state index in [2.05, 4.69) is 20.6 Å². The van der Waals surface area contributed by atoms with Gasteiger partial charge in [0.25, 0.3) is 5.91 Å². The standard InChI is InChI=1S/C24H32N4O7/c1-7-14(3)20(22(30)25-15(4)23(31)34-8-2)28-21(29)16-11-9-10-12-17(16)35-24-26-18(32-5)13-19(27-24)33-6/h9-15,20H,7-8H2,1-6H3,(H,25,30)(H,28,29)/t14?,15-,20-/m0/s1. The molecule has 0 saturated carbocycles. The largest absolute Gasteiger partial charge is 0.481 e. The summed E-state index contributed by atoms with van der Waals surface area (Å²) in [4.78, 5) is 46.3. The molecule has 35 heavy (non-hydrogen) atoms. The number of nitrogens with one attached hydrogen (secondary N) is 2. The summed E-state index contributed by atoms with van der Waals surface area (Å²) in [6, 6.07) is 6.12. The third-order valence-electron chi connectivity index (χ3n) is 5.19. The van der Waals surface area contributed by atoms with Gasteiger partial charge in [0.1, 0.15) is 17.8 Å². The van der Waals surface area contributed by atoms with E-state index in [9.17, 15) is 14.4 Å². The molecule has 2 aromatic rings. The van der Waals surface area contributed by atoms with E-state index in [-0.39, 0.29) is 41.6 Å². The van der Waals surface area contributed by atoms with Crippen LogP contribution in [0, 0.1) is 5.92 Å². The summed E-state index contributed by atoms with van der Waals surface area (Å²) in [5, 5.41) is 5.37. The molecule has 0 saturated heterocycles. The number of esters is 1. The predicted molar refractivity (Wildman–Crippen MR) is 127 cm³/mol. The van der Waals surface area contributed by atoms with Crippen molar-refractivity contribution in [3.63, 3.8) is 0 Å². The second kappa shape index (κ2) is 13.1. The van der Waals surface area contributed by atoms with Gasteiger partial charge in [-0.2, -0.15) is 9.97 Å². The Bertz CT molecular complexity index is 1010. The number of para-hydroxylation sites is 1. The Morgan fingerprint density at radius 3 is 2.17 bits per heavy atom. The van der Waals surface area contributed by atoms with E-state index in [1.807, 2.05) is 13.8 Å². The maximum absolute atomic E-state index is 13.2. The zero-order valence-corrected chi connectivity index (χ0v) is 20.8. The lowest BCUT2D eigenvalue weighted by Crippen LogP contribution is -2.53. The normalized spacial score (nSPS) is 13.1. The number of hydrogen-bond donors (Lipinski definition) is 2. The lowest BCUT2D eigenvalue weighted by Gasteiger charge is -2.25. The maximum atomic E-state index is 13.2. The Morgan fingerprint density at radius 2 is 1.60 bits per heavy atom. The van der Waals surface area contributed by atoms with Crippen LogP contribution in [-0.2, 0) is 14.3 Å². The average Bonchev–Trinajstić information content (AvgIpc) is 2.86. The minimum atomic E-state index is -0.898. The summed E-state index contributed by atoms with van der Waals surface area (Å²) >= 11 is 0. The monoisotopic (exact) mass is 488 g/mol. The molecule has 11 heteroatoms. The van der Waals surface area contributed by atoms with Crippen molar-refractivity contribution in [2.75, 3.05) is 20.8 Å². The van der Waals surface area contributed by atoms with E-state index >= 15 is 0 Å². The molecular weight excluding hydrogens is 456 g/mol. The van der Waals surface area contributed by atoms with Crippen LogP contribution < -0.4 is 24.8 Å². The molecule has 0 aliphatic rings. The first-order valence-corrected chi connectivity index (χ1v) is 11.3. The zero-order chi connectivity index (χ0) is 26.0. The van der Waals surface area contributed by atoms with Crippen molar-refractivity contribution in [3.05, 3.63) is 35.9 Å². The van der Waals surface area contributed by atoms with E-state index in [1.165, 1.54) is 27.2 Å². The number of carbonyl (C=O) groups is 3. The van der Waals surface area contributed by atoms with Gasteiger partial charge in [-0.15, -0.1) is 0 Å². The Labute approximate surface area is 204 Å². The smallest absolute Gasteiger partial charge is 0.328 e. The fourth-order valence-electron chi connectivity index (χ4n) is 3.03. The number of benzene rings is 1. The number of ether oxygens (including phenoxy) is 4. The molecule has 1 heterocycles. The third-order valence-corrected chi connectivity index (χ3v) is 5.19. The minimum Gasteiger partial charge on any atom is -0.481 e. The van der Waals surface area contributed by atoms with Gasteiger partial charge in [-0.25, -0.2) is 4.79 Å². The molecule has 0 aliphatic carbocycles. The third kappa shape index (κ3) is 7.56. The first kappa shape index (κ1) is 27.4. The predicted octanol–water partition coefficient (Wildman–Crippen LogP) is 2.50. The van der Waals surface area contributed by atoms with Crippen LogP contribution >= 0.6 is 0 Å². The zero-order valence-electron chi connectivity index (χ0n) is 20.8. The number of aromatic nitrogens is 2. The number of rotatable bonds is 12. The van der Waals surface area contributed by atoms with E-state index < -0.39 is 29.9 Å². The Hall–Kier alpha value is -3.89. The quantitative estimate of drug-likeness (QED) is 0.432. The Kier molecular flexibility index (Phi) is 10.2. The number of carbonyl (C=O) groups excluding carboxylic acids is 3. The van der Waals surface area contributed by atoms with Crippen molar-refractivity contribution in [2.24, 2.45) is 5.92 Å². The summed E-state index contributed by atoms with van der Waals surface area (Å²) in [6.07, 6.45) is 0.613. The first-order chi connectivity index (χ1) is 16.7. The Morgan fingerprint density at radius 1 is 0.971 bits per heavy atom. The number of hydrogen-bond acceptors (Lipinski definition) is 9. The van der Waals surface area contributed by atoms with Crippen LogP contribution in [0.25, 0.3) is 0 Å². The molecule has 0 fully saturated rings. The van der Waals surface area contributed by atoms with Crippen LogP contribution in [-0.4, -0.2) is 60.7 Å². The van der Waals surface area contributed by atoms with Gasteiger partial charge in [0.05, 0.1) is 32.5 Å². The second-order valence-corrected chi connectivity index (χ2v) is 7.65. The fourth-order valence-corrected chi connectivity index (χ4v) is 3.03. The van der Waals surface area contributed by atoms with Crippen molar-refractivity contribution >= 4 is 17.8 Å². The molecule has 2 rings (SSSR count). The Balaban J connectivity index is 2.25. The molecule has 2 N–H and O–H groups in total. The van der Waals surface area contributed by atoms with Gasteiger partial charge < -0.3 is 29.6 Å². The van der Waals surface area contributed by atoms with E-state index in [4.69, 9.17) is 18.9 Å². The molecule has 1 aromatic heterocycles. The molecule has 0 bridgehead atoms. The van der Waals surface area contributed by atoms with E-state index in [0.29, 0.717) is 6.42 Å². The molecule has 0 radical (unpaired) electrons. The van der Waals surface area contributed by atoms with Crippen molar-refractivity contribution < 1.29 is 33.3 Å². The van der Waals surface area contributed by atoms with Gasteiger partial charge >= 0.3 is 12.0 Å². The van der Waals surface area contributed by atoms with Crippen LogP contribution in [0.5, 0.6) is 23.5 Å². The first-order valence-electron chi connectivity index (χ1n) is 11.3. The van der Waals surface area contributed by atoms with Gasteiger partial charge in [-0.05, 0) is 31.9 Å². The molecule has 1 aromatic carbocycles. The molecule has 11 nitrogen and oxygen atoms in total. The van der Waals surface area contributed by atoms with Crippen LogP contribution in [0.1, 0.15) is 44.5 Å². The topological polar surface area (TPSA) is 138 Å². The average molecular weight is 489 g/mol. The summed E-state index contributed by atoms with van der Waals surface area (Å²) in [6.45, 7) is 7.14. The molecule has 0 aliphatic heterocycles. The molecule has 1 unspecified atom stereocenters. The highest BCUT2D eigenvalue weighted by Crippen LogP contribution is 2.26. The summed E-state index contributed by atoms with van der Waals surface area (Å²) in [7, 11) is 2.88. The fraction of sp³-hybridized carbons (Fsp3) is 0.458. The van der Waals surface area contributed by atoms with Crippen molar-refractivity contribution in [1.29, 1.82) is 0 Å². The second-order valence-electron chi connectivity index (χ2n) is 7.65. The SMILES string of the molecule is CCOC(=O)[C@H](C)NC(=O)[C@@H](NC(=O)c1ccccc1Oc1nc(OC)cc(OC)n1)C(C)CC. The molecule has 2 amide bonds. The van der Waals surface area contributed by atoms with Crippen molar-refractivity contribution in [3.8, 4) is 23.5 Å². The van der Waals surface area contributed by atoms with Gasteiger partial charge in [-0.1, -0.05) is 32.4 Å². The van der Waals surface area contributed by atoms with Crippen molar-refractivity contribution in [1.82, 2.24) is 20.6 Å². The van der Waals surface area contributed by atoms with Crippen LogP contribution in [0.3, 0.4) is 0 Å². The van der Waals surface area contributed by atoms with Crippen LogP contribution in [0.4, 0.5) is 0 Å². The highest BCUT2D eigenvalue weighted by molar-refractivity contribution is 6.00. The maximum Gasteiger partial charge on any atom is 0.328 e. The highest BCUT2D eigenvalue weighted by atomic mass is 16.5. The summed E-state index contributed by atoms with van der Waals surface area (Å²) in [5.74, 6) is -1.19. The molecule has 190 valence electrons. The minimum absolute atomic E-state index is 0.0825. The summed E-state index contributed by atoms with van der Waals surface area (Å²) < 4.78 is 21.0. The number of methoxy groups -OCH3 is 2. The van der Waals surface area contributed by atoms with Gasteiger partial charge in [0, 0.05) is 0 Å². The molecule has 3 atom stereocenters. The number of amides is 2. The van der Waals surface area contributed by atoms with Crippen LogP contribution in [0.2, 0.25) is 0 Å². The van der Waals surface area contributed by atoms with Gasteiger partial charge in [0.15, 0.2) is 0 Å².